The lowest BCUT2D eigenvalue weighted by molar-refractivity contribution is -0.136. The Morgan fingerprint density at radius 2 is 1.90 bits per heavy atom. The standard InChI is InChI=1S/C15H24N2O3/c1-9(2)15(5,6)8-17-11(4)12(7-13(18)19)10(3)16-14(17)20/h9H,7-8H2,1-6H3,(H,18,19). The minimum absolute atomic E-state index is 0.0635. The van der Waals surface area contributed by atoms with Crippen LogP contribution in [0.15, 0.2) is 4.79 Å². The van der Waals surface area contributed by atoms with Crippen molar-refractivity contribution < 1.29 is 9.90 Å². The van der Waals surface area contributed by atoms with Crippen molar-refractivity contribution in [2.24, 2.45) is 11.3 Å². The fraction of sp³-hybridized carbons (Fsp3) is 0.667. The van der Waals surface area contributed by atoms with Gasteiger partial charge in [-0.15, -0.1) is 0 Å². The summed E-state index contributed by atoms with van der Waals surface area (Å²) in [6.07, 6.45) is -0.104. The van der Waals surface area contributed by atoms with Crippen molar-refractivity contribution in [1.29, 1.82) is 0 Å². The maximum Gasteiger partial charge on any atom is 0.347 e. The van der Waals surface area contributed by atoms with E-state index in [9.17, 15) is 9.59 Å². The normalized spacial score (nSPS) is 11.9. The lowest BCUT2D eigenvalue weighted by Gasteiger charge is -2.31. The van der Waals surface area contributed by atoms with Crippen molar-refractivity contribution in [3.63, 3.8) is 0 Å². The number of aliphatic carboxylic acids is 1. The van der Waals surface area contributed by atoms with Gasteiger partial charge in [0, 0.05) is 23.5 Å². The molecule has 0 saturated carbocycles. The van der Waals surface area contributed by atoms with Crippen molar-refractivity contribution in [3.05, 3.63) is 27.4 Å². The van der Waals surface area contributed by atoms with Gasteiger partial charge >= 0.3 is 11.7 Å². The van der Waals surface area contributed by atoms with E-state index in [0.717, 1.165) is 0 Å². The molecular weight excluding hydrogens is 256 g/mol. The first-order valence-electron chi connectivity index (χ1n) is 6.85. The summed E-state index contributed by atoms with van der Waals surface area (Å²) in [7, 11) is 0. The van der Waals surface area contributed by atoms with Crippen LogP contribution >= 0.6 is 0 Å². The number of rotatable bonds is 5. The fourth-order valence-corrected chi connectivity index (χ4v) is 2.02. The molecule has 1 rings (SSSR count). The van der Waals surface area contributed by atoms with Crippen molar-refractivity contribution in [3.8, 4) is 0 Å². The molecule has 0 fully saturated rings. The Balaban J connectivity index is 3.34. The molecule has 20 heavy (non-hydrogen) atoms. The average Bonchev–Trinajstić information content (AvgIpc) is 2.29. The number of carboxylic acids is 1. The van der Waals surface area contributed by atoms with Gasteiger partial charge < -0.3 is 5.11 Å². The van der Waals surface area contributed by atoms with Crippen LogP contribution in [0.4, 0.5) is 0 Å². The molecule has 0 saturated heterocycles. The molecule has 1 N–H and O–H groups in total. The summed E-state index contributed by atoms with van der Waals surface area (Å²) < 4.78 is 1.60. The van der Waals surface area contributed by atoms with Crippen LogP contribution in [0.5, 0.6) is 0 Å². The first-order valence-corrected chi connectivity index (χ1v) is 6.85. The van der Waals surface area contributed by atoms with E-state index in [1.807, 2.05) is 0 Å². The molecule has 0 atom stereocenters. The number of hydrogen-bond donors (Lipinski definition) is 1. The van der Waals surface area contributed by atoms with Gasteiger partial charge in [-0.3, -0.25) is 9.36 Å². The molecule has 0 spiro atoms. The summed E-state index contributed by atoms with van der Waals surface area (Å²) >= 11 is 0. The molecule has 0 unspecified atom stereocenters. The predicted molar refractivity (Wildman–Crippen MR) is 77.9 cm³/mol. The van der Waals surface area contributed by atoms with Crippen LogP contribution in [-0.2, 0) is 17.8 Å². The molecule has 0 aliphatic carbocycles. The molecule has 0 aromatic carbocycles. The Kier molecular flexibility index (Phi) is 4.73. The highest BCUT2D eigenvalue weighted by Gasteiger charge is 2.25. The van der Waals surface area contributed by atoms with Gasteiger partial charge in [-0.1, -0.05) is 27.7 Å². The molecule has 5 nitrogen and oxygen atoms in total. The molecule has 112 valence electrons. The molecule has 5 heteroatoms. The van der Waals surface area contributed by atoms with Crippen LogP contribution in [0.1, 0.15) is 44.6 Å². The van der Waals surface area contributed by atoms with E-state index >= 15 is 0 Å². The highest BCUT2D eigenvalue weighted by atomic mass is 16.4. The lowest BCUT2D eigenvalue weighted by Crippen LogP contribution is -2.35. The SMILES string of the molecule is Cc1nc(=O)n(CC(C)(C)C(C)C)c(C)c1CC(=O)O. The molecule has 1 aromatic rings. The summed E-state index contributed by atoms with van der Waals surface area (Å²) in [4.78, 5) is 27.0. The van der Waals surface area contributed by atoms with E-state index in [2.05, 4.69) is 32.7 Å². The minimum Gasteiger partial charge on any atom is -0.481 e. The van der Waals surface area contributed by atoms with Crippen LogP contribution in [0, 0.1) is 25.2 Å². The lowest BCUT2D eigenvalue weighted by atomic mass is 9.81. The molecule has 0 radical (unpaired) electrons. The molecule has 0 bridgehead atoms. The summed E-state index contributed by atoms with van der Waals surface area (Å²) in [5.74, 6) is -0.510. The Bertz CT molecular complexity index is 571. The molecule has 0 amide bonds. The molecule has 1 aromatic heterocycles. The third kappa shape index (κ3) is 3.46. The van der Waals surface area contributed by atoms with Crippen LogP contribution in [-0.4, -0.2) is 20.6 Å². The summed E-state index contributed by atoms with van der Waals surface area (Å²) in [5.41, 5.74) is 1.48. The first-order chi connectivity index (χ1) is 9.06. The minimum atomic E-state index is -0.911. The Morgan fingerprint density at radius 1 is 1.35 bits per heavy atom. The van der Waals surface area contributed by atoms with Gasteiger partial charge in [-0.25, -0.2) is 4.79 Å². The topological polar surface area (TPSA) is 72.2 Å². The van der Waals surface area contributed by atoms with Crippen molar-refractivity contribution in [1.82, 2.24) is 9.55 Å². The summed E-state index contributed by atoms with van der Waals surface area (Å²) in [5, 5.41) is 8.98. The summed E-state index contributed by atoms with van der Waals surface area (Å²) in [6.45, 7) is 12.4. The van der Waals surface area contributed by atoms with Gasteiger partial charge in [0.1, 0.15) is 0 Å². The van der Waals surface area contributed by atoms with E-state index < -0.39 is 5.97 Å². The van der Waals surface area contributed by atoms with Gasteiger partial charge in [-0.2, -0.15) is 4.98 Å². The summed E-state index contributed by atoms with van der Waals surface area (Å²) in [6, 6.07) is 0. The number of aromatic nitrogens is 2. The van der Waals surface area contributed by atoms with Crippen LogP contribution in [0.2, 0.25) is 0 Å². The van der Waals surface area contributed by atoms with E-state index in [4.69, 9.17) is 5.11 Å². The van der Waals surface area contributed by atoms with Gasteiger partial charge in [0.05, 0.1) is 6.42 Å². The van der Waals surface area contributed by atoms with Gasteiger partial charge in [-0.05, 0) is 25.2 Å². The maximum atomic E-state index is 12.1. The number of hydrogen-bond acceptors (Lipinski definition) is 3. The molecule has 0 aliphatic heterocycles. The smallest absolute Gasteiger partial charge is 0.347 e. The second kappa shape index (κ2) is 5.77. The monoisotopic (exact) mass is 280 g/mol. The van der Waals surface area contributed by atoms with E-state index in [1.54, 1.807) is 18.4 Å². The number of nitrogens with zero attached hydrogens (tertiary/aromatic N) is 2. The highest BCUT2D eigenvalue weighted by Crippen LogP contribution is 2.28. The predicted octanol–water partition coefficient (Wildman–Crippen LogP) is 2.17. The zero-order chi connectivity index (χ0) is 15.7. The average molecular weight is 280 g/mol. The quantitative estimate of drug-likeness (QED) is 0.897. The third-order valence-corrected chi connectivity index (χ3v) is 4.23. The third-order valence-electron chi connectivity index (χ3n) is 4.23. The highest BCUT2D eigenvalue weighted by molar-refractivity contribution is 5.70. The second-order valence-electron chi connectivity index (χ2n) is 6.34. The van der Waals surface area contributed by atoms with Gasteiger partial charge in [0.2, 0.25) is 0 Å². The number of carbonyl (C=O) groups is 1. The van der Waals surface area contributed by atoms with Crippen molar-refractivity contribution in [2.45, 2.75) is 54.5 Å². The number of aryl methyl sites for hydroxylation is 1. The van der Waals surface area contributed by atoms with Crippen LogP contribution in [0.3, 0.4) is 0 Å². The Hall–Kier alpha value is -1.65. The zero-order valence-corrected chi connectivity index (χ0v) is 13.1. The van der Waals surface area contributed by atoms with E-state index in [-0.39, 0.29) is 17.5 Å². The maximum absolute atomic E-state index is 12.1. The van der Waals surface area contributed by atoms with E-state index in [1.165, 1.54) is 0 Å². The van der Waals surface area contributed by atoms with E-state index in [0.29, 0.717) is 29.4 Å². The molecule has 0 aliphatic rings. The van der Waals surface area contributed by atoms with Crippen LogP contribution in [0.25, 0.3) is 0 Å². The first kappa shape index (κ1) is 16.4. The Morgan fingerprint density at radius 3 is 2.35 bits per heavy atom. The van der Waals surface area contributed by atoms with Gasteiger partial charge in [0.25, 0.3) is 0 Å². The van der Waals surface area contributed by atoms with Gasteiger partial charge in [0.15, 0.2) is 0 Å². The molecule has 1 heterocycles. The Labute approximate surface area is 119 Å². The van der Waals surface area contributed by atoms with Crippen molar-refractivity contribution >= 4 is 5.97 Å². The number of carboxylic acid groups (broad SMARTS) is 1. The van der Waals surface area contributed by atoms with Crippen molar-refractivity contribution in [2.75, 3.05) is 0 Å². The molecular formula is C15H24N2O3. The fourth-order valence-electron chi connectivity index (χ4n) is 2.02. The second-order valence-corrected chi connectivity index (χ2v) is 6.34. The largest absolute Gasteiger partial charge is 0.481 e. The van der Waals surface area contributed by atoms with Crippen LogP contribution < -0.4 is 5.69 Å². The zero-order valence-electron chi connectivity index (χ0n) is 13.1.